The zero-order valence-corrected chi connectivity index (χ0v) is 39.8. The van der Waals surface area contributed by atoms with Gasteiger partial charge in [0.25, 0.3) is 0 Å². The molecule has 0 aromatic heterocycles. The fourth-order valence-electron chi connectivity index (χ4n) is 6.75. The maximum Gasteiger partial charge on any atom is 0.327 e. The van der Waals surface area contributed by atoms with E-state index >= 15 is 0 Å². The highest BCUT2D eigenvalue weighted by atomic mass is 32.1. The number of aliphatic carboxylic acids is 1. The van der Waals surface area contributed by atoms with Gasteiger partial charge in [0, 0.05) is 18.1 Å². The largest absolute Gasteiger partial charge is 0.480 e. The number of nitrogens with two attached hydrogens (primary N) is 2. The summed E-state index contributed by atoms with van der Waals surface area (Å²) in [6.45, 7) is 14.4. The molecule has 1 heterocycles. The lowest BCUT2D eigenvalue weighted by Crippen LogP contribution is -2.60. The molecule has 8 amide bonds. The molecule has 0 aromatic rings. The smallest absolute Gasteiger partial charge is 0.327 e. The monoisotopic (exact) mass is 931 g/mol. The summed E-state index contributed by atoms with van der Waals surface area (Å²) in [6, 6.07) is -9.81. The van der Waals surface area contributed by atoms with E-state index in [1.54, 1.807) is 6.92 Å². The number of hydrogen-bond acceptors (Lipinski definition) is 13. The zero-order valence-electron chi connectivity index (χ0n) is 38.0. The number of carbonyl (C=O) groups is 9. The van der Waals surface area contributed by atoms with Crippen molar-refractivity contribution in [2.24, 2.45) is 29.2 Å². The second-order valence-electron chi connectivity index (χ2n) is 17.1. The van der Waals surface area contributed by atoms with Gasteiger partial charge in [0.2, 0.25) is 47.3 Å². The van der Waals surface area contributed by atoms with Gasteiger partial charge in [-0.3, -0.25) is 38.4 Å². The Hall–Kier alpha value is -4.15. The van der Waals surface area contributed by atoms with Crippen LogP contribution in [0.3, 0.4) is 0 Å². The van der Waals surface area contributed by atoms with Gasteiger partial charge in [-0.2, -0.15) is 25.3 Å². The van der Waals surface area contributed by atoms with Gasteiger partial charge in [0.05, 0.1) is 6.04 Å². The second-order valence-corrected chi connectivity index (χ2v) is 17.9. The molecule has 0 spiro atoms. The third-order valence-electron chi connectivity index (χ3n) is 10.7. The Bertz CT molecular complexity index is 1570. The number of carboxylic acid groups (broad SMARTS) is 1. The molecule has 63 heavy (non-hydrogen) atoms. The van der Waals surface area contributed by atoms with Gasteiger partial charge in [0.15, 0.2) is 0 Å². The normalized spacial score (nSPS) is 18.1. The highest BCUT2D eigenvalue weighted by molar-refractivity contribution is 7.80. The highest BCUT2D eigenvalue weighted by Gasteiger charge is 2.41. The number of hydrogen-bond donors (Lipinski definition) is 12. The average molecular weight is 931 g/mol. The van der Waals surface area contributed by atoms with E-state index in [0.717, 1.165) is 0 Å². The molecule has 0 aliphatic carbocycles. The topological polar surface area (TPSA) is 313 Å². The molecular formula is C41H74N10O10S2. The van der Waals surface area contributed by atoms with Crippen LogP contribution in [0.1, 0.15) is 107 Å². The molecule has 0 saturated carbocycles. The molecule has 1 aliphatic rings. The molecule has 1 aliphatic heterocycles. The molecule has 1 saturated heterocycles. The van der Waals surface area contributed by atoms with Crippen LogP contribution < -0.4 is 48.7 Å². The second kappa shape index (κ2) is 28.6. The first kappa shape index (κ1) is 56.9. The van der Waals surface area contributed by atoms with E-state index in [0.29, 0.717) is 38.6 Å². The molecule has 0 aromatic carbocycles. The number of unbranched alkanes of at least 4 members (excludes halogenated alkanes) is 1. The van der Waals surface area contributed by atoms with E-state index in [9.17, 15) is 48.3 Å². The highest BCUT2D eigenvalue weighted by Crippen LogP contribution is 2.22. The quantitative estimate of drug-likeness (QED) is 0.0331. The van der Waals surface area contributed by atoms with Crippen LogP contribution in [0.4, 0.5) is 0 Å². The minimum absolute atomic E-state index is 0.0532. The van der Waals surface area contributed by atoms with Crippen LogP contribution in [0.2, 0.25) is 0 Å². The molecule has 0 unspecified atom stereocenters. The maximum atomic E-state index is 14.0. The molecule has 0 radical (unpaired) electrons. The van der Waals surface area contributed by atoms with Crippen LogP contribution in [-0.2, 0) is 43.2 Å². The van der Waals surface area contributed by atoms with Crippen LogP contribution in [0, 0.1) is 17.8 Å². The summed E-state index contributed by atoms with van der Waals surface area (Å²) < 4.78 is 0. The number of nitrogens with zero attached hydrogens (tertiary/aromatic N) is 1. The molecular weight excluding hydrogens is 857 g/mol. The van der Waals surface area contributed by atoms with Crippen LogP contribution >= 0.6 is 25.3 Å². The van der Waals surface area contributed by atoms with Crippen molar-refractivity contribution >= 4 is 78.5 Å². The van der Waals surface area contributed by atoms with Gasteiger partial charge in [-0.25, -0.2) is 4.79 Å². The molecule has 360 valence electrons. The first-order valence-corrected chi connectivity index (χ1v) is 23.1. The Morgan fingerprint density at radius 3 is 1.59 bits per heavy atom. The lowest BCUT2D eigenvalue weighted by Gasteiger charge is -2.33. The van der Waals surface area contributed by atoms with E-state index in [2.05, 4.69) is 62.5 Å². The van der Waals surface area contributed by atoms with Crippen molar-refractivity contribution < 1.29 is 48.3 Å². The van der Waals surface area contributed by atoms with Crippen LogP contribution in [0.5, 0.6) is 0 Å². The van der Waals surface area contributed by atoms with Crippen molar-refractivity contribution in [2.45, 2.75) is 161 Å². The number of rotatable bonds is 28. The van der Waals surface area contributed by atoms with E-state index in [4.69, 9.17) is 11.5 Å². The van der Waals surface area contributed by atoms with E-state index < -0.39 is 114 Å². The number of likely N-dealkylation sites (tertiary alicyclic amines) is 1. The zero-order chi connectivity index (χ0) is 48.1. The number of carbonyl (C=O) groups excluding carboxylic acids is 8. The number of thiol groups is 2. The first-order chi connectivity index (χ1) is 29.5. The van der Waals surface area contributed by atoms with Crippen molar-refractivity contribution in [3.05, 3.63) is 0 Å². The lowest BCUT2D eigenvalue weighted by atomic mass is 9.96. The fourth-order valence-corrected chi connectivity index (χ4v) is 7.17. The fraction of sp³-hybridized carbons (Fsp3) is 0.780. The van der Waals surface area contributed by atoms with Gasteiger partial charge in [0.1, 0.15) is 48.3 Å². The summed E-state index contributed by atoms with van der Waals surface area (Å²) in [4.78, 5) is 120. The molecule has 22 heteroatoms. The summed E-state index contributed by atoms with van der Waals surface area (Å²) in [5.74, 6) is -7.04. The molecule has 1 fully saturated rings. The van der Waals surface area contributed by atoms with Crippen molar-refractivity contribution in [1.82, 2.24) is 42.1 Å². The van der Waals surface area contributed by atoms with E-state index in [1.807, 2.05) is 34.6 Å². The van der Waals surface area contributed by atoms with Gasteiger partial charge >= 0.3 is 5.97 Å². The summed E-state index contributed by atoms with van der Waals surface area (Å²) in [5, 5.41) is 27.8. The van der Waals surface area contributed by atoms with E-state index in [-0.39, 0.29) is 49.1 Å². The van der Waals surface area contributed by atoms with E-state index in [1.165, 1.54) is 18.7 Å². The van der Waals surface area contributed by atoms with Gasteiger partial charge in [-0.1, -0.05) is 48.0 Å². The van der Waals surface area contributed by atoms with Crippen molar-refractivity contribution in [1.29, 1.82) is 0 Å². The summed E-state index contributed by atoms with van der Waals surface area (Å²) >= 11 is 8.03. The van der Waals surface area contributed by atoms with Crippen molar-refractivity contribution in [3.8, 4) is 0 Å². The number of carboxylic acids is 1. The van der Waals surface area contributed by atoms with Crippen molar-refractivity contribution in [3.63, 3.8) is 0 Å². The number of amides is 8. The number of nitrogens with one attached hydrogen (secondary N) is 7. The minimum Gasteiger partial charge on any atom is -0.480 e. The van der Waals surface area contributed by atoms with Gasteiger partial charge in [-0.15, -0.1) is 0 Å². The van der Waals surface area contributed by atoms with Crippen LogP contribution in [-0.4, -0.2) is 142 Å². The van der Waals surface area contributed by atoms with Gasteiger partial charge < -0.3 is 58.7 Å². The van der Waals surface area contributed by atoms with Gasteiger partial charge in [-0.05, 0) is 83.1 Å². The SMILES string of the molecule is CC[C@H](C)[C@H](NC(=O)[C@H](CC(C)C)NC(=O)[C@H](C)NC(=O)[C@H](CC(C)C)NC(=O)[C@H](C)NC(=O)[C@H](CCCCN)NC(=O)[C@@H](N)CS)C(=O)N1CCC[C@H]1C(=O)N[C@@H](CS)C(=O)O. The minimum atomic E-state index is -1.26. The van der Waals surface area contributed by atoms with Crippen LogP contribution in [0.15, 0.2) is 0 Å². The van der Waals surface area contributed by atoms with Crippen LogP contribution in [0.25, 0.3) is 0 Å². The Morgan fingerprint density at radius 2 is 1.14 bits per heavy atom. The Labute approximate surface area is 382 Å². The summed E-state index contributed by atoms with van der Waals surface area (Å²) in [6.07, 6.45) is 2.97. The summed E-state index contributed by atoms with van der Waals surface area (Å²) in [5.41, 5.74) is 11.4. The molecule has 12 N–H and O–H groups in total. The standard InChI is InChI=1S/C41H74N10O10S2/c1-9-23(6)32(40(59)51-16-12-14-31(51)39(58)49-30(20-63)41(60)61)50-38(57)29(18-22(4)5)48-34(53)25(8)45-37(56)28(17-21(2)3)47-33(52)24(7)44-36(55)27(13-10-11-15-42)46-35(54)26(43)19-62/h21-32,62-63H,9-20,42-43H2,1-8H3,(H,44,55)(H,45,56)(H,46,54)(H,47,52)(H,48,53)(H,49,58)(H,50,57)(H,60,61)/t23-,24-,25-,26-,27-,28-,29-,30-,31-,32-/m0/s1. The predicted octanol–water partition coefficient (Wildman–Crippen LogP) is -1.05. The Morgan fingerprint density at radius 1 is 0.651 bits per heavy atom. The third-order valence-corrected chi connectivity index (χ3v) is 11.5. The first-order valence-electron chi connectivity index (χ1n) is 21.9. The molecule has 20 nitrogen and oxygen atoms in total. The predicted molar refractivity (Wildman–Crippen MR) is 244 cm³/mol. The lowest BCUT2D eigenvalue weighted by molar-refractivity contribution is -0.145. The third kappa shape index (κ3) is 19.2. The average Bonchev–Trinajstić information content (AvgIpc) is 3.72. The molecule has 1 rings (SSSR count). The Balaban J connectivity index is 3.13. The summed E-state index contributed by atoms with van der Waals surface area (Å²) in [7, 11) is 0. The van der Waals surface area contributed by atoms with Crippen molar-refractivity contribution in [2.75, 3.05) is 24.6 Å². The molecule has 10 atom stereocenters. The Kier molecular flexibility index (Phi) is 25.8. The molecule has 0 bridgehead atoms. The maximum absolute atomic E-state index is 14.0.